The maximum atomic E-state index is 5.98. The molecule has 0 amide bonds. The zero-order valence-electron chi connectivity index (χ0n) is 11.1. The summed E-state index contributed by atoms with van der Waals surface area (Å²) in [6, 6.07) is 13.7. The predicted octanol–water partition coefficient (Wildman–Crippen LogP) is 3.86. The molecule has 2 aromatic carbocycles. The molecule has 20 heavy (non-hydrogen) atoms. The molecule has 0 aromatic heterocycles. The average molecular weight is 356 g/mol. The third kappa shape index (κ3) is 3.73. The van der Waals surface area contributed by atoms with E-state index in [0.29, 0.717) is 5.02 Å². The van der Waals surface area contributed by atoms with Crippen molar-refractivity contribution in [3.8, 4) is 5.75 Å². The fraction of sp³-hybridized carbons (Fsp3) is 0.200. The molecule has 0 saturated carbocycles. The minimum absolute atomic E-state index is 0.0385. The van der Waals surface area contributed by atoms with Crippen LogP contribution in [0.2, 0.25) is 5.02 Å². The summed E-state index contributed by atoms with van der Waals surface area (Å²) in [4.78, 5) is 0. The standard InChI is InChI=1S/C15H16BrClN2O/c1-20-15-9-12(17)6-7-13(15)14(19-18)8-10-2-4-11(16)5-3-10/h2-7,9,14,19H,8,18H2,1H3. The molecule has 3 nitrogen and oxygen atoms in total. The summed E-state index contributed by atoms with van der Waals surface area (Å²) in [5.74, 6) is 6.43. The van der Waals surface area contributed by atoms with E-state index < -0.39 is 0 Å². The quantitative estimate of drug-likeness (QED) is 0.632. The molecule has 3 N–H and O–H groups in total. The molecule has 0 heterocycles. The fourth-order valence-electron chi connectivity index (χ4n) is 2.09. The second-order valence-corrected chi connectivity index (χ2v) is 5.79. The first-order valence-corrected chi connectivity index (χ1v) is 7.35. The van der Waals surface area contributed by atoms with Gasteiger partial charge in [-0.3, -0.25) is 11.3 Å². The van der Waals surface area contributed by atoms with Gasteiger partial charge in [-0.05, 0) is 36.2 Å². The van der Waals surface area contributed by atoms with Crippen molar-refractivity contribution >= 4 is 27.5 Å². The highest BCUT2D eigenvalue weighted by molar-refractivity contribution is 9.10. The lowest BCUT2D eigenvalue weighted by molar-refractivity contribution is 0.399. The normalized spacial score (nSPS) is 12.2. The van der Waals surface area contributed by atoms with Crippen LogP contribution >= 0.6 is 27.5 Å². The molecule has 2 rings (SSSR count). The highest BCUT2D eigenvalue weighted by Gasteiger charge is 2.15. The van der Waals surface area contributed by atoms with E-state index in [1.807, 2.05) is 24.3 Å². The third-order valence-corrected chi connectivity index (χ3v) is 3.89. The number of nitrogens with two attached hydrogens (primary N) is 1. The second-order valence-electron chi connectivity index (χ2n) is 4.44. The molecule has 1 unspecified atom stereocenters. The van der Waals surface area contributed by atoms with Crippen molar-refractivity contribution in [1.82, 2.24) is 5.43 Å². The van der Waals surface area contributed by atoms with Gasteiger partial charge in [0.2, 0.25) is 0 Å². The van der Waals surface area contributed by atoms with Crippen LogP contribution in [0.3, 0.4) is 0 Å². The summed E-state index contributed by atoms with van der Waals surface area (Å²) in [5.41, 5.74) is 5.02. The maximum Gasteiger partial charge on any atom is 0.125 e. The number of rotatable bonds is 5. The largest absolute Gasteiger partial charge is 0.496 e. The van der Waals surface area contributed by atoms with E-state index in [2.05, 4.69) is 33.5 Å². The average Bonchev–Trinajstić information content (AvgIpc) is 2.47. The molecule has 0 radical (unpaired) electrons. The topological polar surface area (TPSA) is 47.3 Å². The van der Waals surface area contributed by atoms with Crippen molar-refractivity contribution in [2.75, 3.05) is 7.11 Å². The Kier molecular flexibility index (Phi) is 5.43. The van der Waals surface area contributed by atoms with Crippen molar-refractivity contribution in [3.05, 3.63) is 63.1 Å². The Balaban J connectivity index is 2.26. The van der Waals surface area contributed by atoms with Crippen LogP contribution in [0.25, 0.3) is 0 Å². The Morgan fingerprint density at radius 1 is 1.25 bits per heavy atom. The molecule has 0 aliphatic rings. The van der Waals surface area contributed by atoms with Gasteiger partial charge in [0, 0.05) is 15.1 Å². The van der Waals surface area contributed by atoms with Crippen molar-refractivity contribution < 1.29 is 4.74 Å². The van der Waals surface area contributed by atoms with Gasteiger partial charge in [-0.1, -0.05) is 45.7 Å². The Hall–Kier alpha value is -1.07. The van der Waals surface area contributed by atoms with E-state index in [-0.39, 0.29) is 6.04 Å². The van der Waals surface area contributed by atoms with Crippen molar-refractivity contribution in [3.63, 3.8) is 0 Å². The van der Waals surface area contributed by atoms with Gasteiger partial charge in [0.05, 0.1) is 13.2 Å². The Morgan fingerprint density at radius 2 is 1.95 bits per heavy atom. The zero-order valence-corrected chi connectivity index (χ0v) is 13.4. The number of ether oxygens (including phenoxy) is 1. The summed E-state index contributed by atoms with van der Waals surface area (Å²) < 4.78 is 6.44. The van der Waals surface area contributed by atoms with E-state index in [1.54, 1.807) is 13.2 Å². The van der Waals surface area contributed by atoms with Gasteiger partial charge in [-0.15, -0.1) is 0 Å². The number of benzene rings is 2. The molecular weight excluding hydrogens is 340 g/mol. The first-order chi connectivity index (χ1) is 9.63. The number of halogens is 2. The van der Waals surface area contributed by atoms with Crippen molar-refractivity contribution in [2.45, 2.75) is 12.5 Å². The van der Waals surface area contributed by atoms with E-state index in [0.717, 1.165) is 22.2 Å². The van der Waals surface area contributed by atoms with Crippen LogP contribution in [0.1, 0.15) is 17.2 Å². The highest BCUT2D eigenvalue weighted by atomic mass is 79.9. The molecule has 0 bridgehead atoms. The summed E-state index contributed by atoms with van der Waals surface area (Å²) in [6.07, 6.45) is 0.766. The lowest BCUT2D eigenvalue weighted by atomic mass is 9.98. The molecule has 0 spiro atoms. The number of methoxy groups -OCH3 is 1. The van der Waals surface area contributed by atoms with E-state index >= 15 is 0 Å². The van der Waals surface area contributed by atoms with Crippen LogP contribution < -0.4 is 16.0 Å². The summed E-state index contributed by atoms with van der Waals surface area (Å²) >= 11 is 9.41. The first-order valence-electron chi connectivity index (χ1n) is 6.18. The van der Waals surface area contributed by atoms with Gasteiger partial charge in [0.15, 0.2) is 0 Å². The Bertz CT molecular complexity index is 575. The van der Waals surface area contributed by atoms with Gasteiger partial charge < -0.3 is 4.74 Å². The molecule has 0 aliphatic heterocycles. The van der Waals surface area contributed by atoms with Gasteiger partial charge in [-0.2, -0.15) is 0 Å². The molecule has 0 fully saturated rings. The van der Waals surface area contributed by atoms with Crippen molar-refractivity contribution in [2.24, 2.45) is 5.84 Å². The molecule has 2 aromatic rings. The molecular formula is C15H16BrClN2O. The number of hydrogen-bond acceptors (Lipinski definition) is 3. The van der Waals surface area contributed by atoms with E-state index in [1.165, 1.54) is 5.56 Å². The summed E-state index contributed by atoms with van der Waals surface area (Å²) in [5, 5.41) is 0.644. The number of hydrazine groups is 1. The van der Waals surface area contributed by atoms with Crippen LogP contribution in [-0.2, 0) is 6.42 Å². The molecule has 106 valence electrons. The lowest BCUT2D eigenvalue weighted by Crippen LogP contribution is -2.29. The SMILES string of the molecule is COc1cc(Cl)ccc1C(Cc1ccc(Br)cc1)NN. The first kappa shape index (κ1) is 15.3. The van der Waals surface area contributed by atoms with Gasteiger partial charge >= 0.3 is 0 Å². The van der Waals surface area contributed by atoms with Gasteiger partial charge in [0.25, 0.3) is 0 Å². The van der Waals surface area contributed by atoms with Crippen LogP contribution in [0.4, 0.5) is 0 Å². The second kappa shape index (κ2) is 7.09. The van der Waals surface area contributed by atoms with Gasteiger partial charge in [0.1, 0.15) is 5.75 Å². The molecule has 5 heteroatoms. The van der Waals surface area contributed by atoms with Crippen LogP contribution in [0.5, 0.6) is 5.75 Å². The highest BCUT2D eigenvalue weighted by Crippen LogP contribution is 2.30. The number of hydrogen-bond donors (Lipinski definition) is 2. The van der Waals surface area contributed by atoms with Crippen LogP contribution in [0, 0.1) is 0 Å². The minimum atomic E-state index is -0.0385. The minimum Gasteiger partial charge on any atom is -0.496 e. The Morgan fingerprint density at radius 3 is 2.55 bits per heavy atom. The third-order valence-electron chi connectivity index (χ3n) is 3.13. The molecule has 1 atom stereocenters. The summed E-state index contributed by atoms with van der Waals surface area (Å²) in [6.45, 7) is 0. The van der Waals surface area contributed by atoms with E-state index in [4.69, 9.17) is 22.2 Å². The van der Waals surface area contributed by atoms with Gasteiger partial charge in [-0.25, -0.2) is 0 Å². The predicted molar refractivity (Wildman–Crippen MR) is 85.9 cm³/mol. The molecule has 0 aliphatic carbocycles. The van der Waals surface area contributed by atoms with Crippen LogP contribution in [0.15, 0.2) is 46.9 Å². The zero-order chi connectivity index (χ0) is 14.5. The summed E-state index contributed by atoms with van der Waals surface area (Å²) in [7, 11) is 1.63. The maximum absolute atomic E-state index is 5.98. The fourth-order valence-corrected chi connectivity index (χ4v) is 2.51. The Labute approximate surface area is 132 Å². The van der Waals surface area contributed by atoms with E-state index in [9.17, 15) is 0 Å². The van der Waals surface area contributed by atoms with Crippen LogP contribution in [-0.4, -0.2) is 7.11 Å². The van der Waals surface area contributed by atoms with Crippen molar-refractivity contribution in [1.29, 1.82) is 0 Å². The lowest BCUT2D eigenvalue weighted by Gasteiger charge is -2.19. The number of nitrogens with one attached hydrogen (secondary N) is 1. The smallest absolute Gasteiger partial charge is 0.125 e. The molecule has 0 saturated heterocycles. The monoisotopic (exact) mass is 354 g/mol.